The largest absolute Gasteiger partial charge is 0.308 e. The van der Waals surface area contributed by atoms with Gasteiger partial charge in [-0.25, -0.2) is 4.68 Å². The Morgan fingerprint density at radius 2 is 1.52 bits per heavy atom. The van der Waals surface area contributed by atoms with Crippen molar-refractivity contribution >= 4 is 11.6 Å². The Morgan fingerprint density at radius 1 is 0.913 bits per heavy atom. The first-order valence-corrected chi connectivity index (χ1v) is 8.12. The van der Waals surface area contributed by atoms with E-state index >= 15 is 0 Å². The molecule has 3 aromatic rings. The van der Waals surface area contributed by atoms with Gasteiger partial charge in [0.25, 0.3) is 0 Å². The van der Waals surface area contributed by atoms with Crippen LogP contribution in [0.1, 0.15) is 22.4 Å². The van der Waals surface area contributed by atoms with Gasteiger partial charge in [0, 0.05) is 18.7 Å². The number of aryl methyl sites for hydroxylation is 1. The minimum absolute atomic E-state index is 0.694. The quantitative estimate of drug-likeness (QED) is 0.736. The third-order valence-corrected chi connectivity index (χ3v) is 4.26. The van der Waals surface area contributed by atoms with Gasteiger partial charge in [0.05, 0.1) is 12.2 Å². The number of hydrogen-bond donors (Lipinski definition) is 1. The van der Waals surface area contributed by atoms with Crippen molar-refractivity contribution in [1.29, 1.82) is 0 Å². The second-order valence-corrected chi connectivity index (χ2v) is 5.95. The highest BCUT2D eigenvalue weighted by Gasteiger charge is 2.13. The molecular weight excluding hydrogens is 306 g/mol. The Labute approximate surface area is 141 Å². The van der Waals surface area contributed by atoms with E-state index in [0.717, 1.165) is 17.8 Å². The van der Waals surface area contributed by atoms with Crippen molar-refractivity contribution in [2.75, 3.05) is 0 Å². The molecule has 3 rings (SSSR count). The van der Waals surface area contributed by atoms with Crippen LogP contribution in [0, 0.1) is 6.92 Å². The molecule has 1 N–H and O–H groups in total. The van der Waals surface area contributed by atoms with Gasteiger partial charge in [-0.3, -0.25) is 0 Å². The Morgan fingerprint density at radius 3 is 2.17 bits per heavy atom. The summed E-state index contributed by atoms with van der Waals surface area (Å²) in [6, 6.07) is 20.6. The van der Waals surface area contributed by atoms with Gasteiger partial charge in [-0.15, -0.1) is 0 Å². The van der Waals surface area contributed by atoms with Crippen molar-refractivity contribution in [3.63, 3.8) is 0 Å². The fraction of sp³-hybridized carbons (Fsp3) is 0.211. The number of halogens is 1. The lowest BCUT2D eigenvalue weighted by Gasteiger charge is -2.06. The predicted molar refractivity (Wildman–Crippen MR) is 94.5 cm³/mol. The van der Waals surface area contributed by atoms with Crippen LogP contribution in [0.2, 0.25) is 5.15 Å². The molecule has 2 aromatic carbocycles. The molecule has 1 heterocycles. The first-order valence-electron chi connectivity index (χ1n) is 7.74. The second-order valence-electron chi connectivity index (χ2n) is 5.59. The van der Waals surface area contributed by atoms with Gasteiger partial charge >= 0.3 is 0 Å². The third-order valence-electron chi connectivity index (χ3n) is 3.83. The topological polar surface area (TPSA) is 29.9 Å². The van der Waals surface area contributed by atoms with Crippen molar-refractivity contribution in [1.82, 2.24) is 15.1 Å². The molecule has 0 aliphatic rings. The summed E-state index contributed by atoms with van der Waals surface area (Å²) in [5.74, 6) is 0. The third kappa shape index (κ3) is 4.01. The first-order chi connectivity index (χ1) is 11.2. The van der Waals surface area contributed by atoms with E-state index in [9.17, 15) is 0 Å². The predicted octanol–water partition coefficient (Wildman–Crippen LogP) is 4.18. The minimum Gasteiger partial charge on any atom is -0.308 e. The van der Waals surface area contributed by atoms with Gasteiger partial charge in [0.15, 0.2) is 0 Å². The standard InChI is InChI=1S/C19H20ClN3/c1-15-18(13-21-12-16-8-4-2-5-9-16)19(20)23(22-15)14-17-10-6-3-7-11-17/h2-11,21H,12-14H2,1H3. The molecule has 0 amide bonds. The highest BCUT2D eigenvalue weighted by Crippen LogP contribution is 2.21. The number of rotatable bonds is 6. The molecule has 118 valence electrons. The molecule has 0 unspecified atom stereocenters. The molecule has 0 saturated heterocycles. The number of hydrogen-bond acceptors (Lipinski definition) is 2. The van der Waals surface area contributed by atoms with Gasteiger partial charge < -0.3 is 5.32 Å². The van der Waals surface area contributed by atoms with Gasteiger partial charge in [0.1, 0.15) is 5.15 Å². The monoisotopic (exact) mass is 325 g/mol. The Balaban J connectivity index is 1.66. The maximum absolute atomic E-state index is 6.52. The Hall–Kier alpha value is -2.10. The molecule has 0 bridgehead atoms. The molecule has 0 saturated carbocycles. The van der Waals surface area contributed by atoms with Gasteiger partial charge in [-0.05, 0) is 18.1 Å². The molecule has 23 heavy (non-hydrogen) atoms. The van der Waals surface area contributed by atoms with Crippen LogP contribution in [0.5, 0.6) is 0 Å². The summed E-state index contributed by atoms with van der Waals surface area (Å²) < 4.78 is 1.87. The fourth-order valence-electron chi connectivity index (χ4n) is 2.58. The van der Waals surface area contributed by atoms with Crippen LogP contribution in [-0.2, 0) is 19.6 Å². The summed E-state index contributed by atoms with van der Waals surface area (Å²) in [5, 5.41) is 8.73. The van der Waals surface area contributed by atoms with Gasteiger partial charge in [-0.1, -0.05) is 72.3 Å². The second kappa shape index (κ2) is 7.44. The molecule has 0 aliphatic carbocycles. The number of nitrogens with one attached hydrogen (secondary N) is 1. The zero-order valence-corrected chi connectivity index (χ0v) is 13.9. The zero-order chi connectivity index (χ0) is 16.1. The van der Waals surface area contributed by atoms with Crippen LogP contribution in [0.15, 0.2) is 60.7 Å². The van der Waals surface area contributed by atoms with E-state index in [1.807, 2.05) is 48.0 Å². The summed E-state index contributed by atoms with van der Waals surface area (Å²) in [4.78, 5) is 0. The summed E-state index contributed by atoms with van der Waals surface area (Å²) in [5.41, 5.74) is 4.50. The highest BCUT2D eigenvalue weighted by atomic mass is 35.5. The molecule has 0 atom stereocenters. The lowest BCUT2D eigenvalue weighted by atomic mass is 10.2. The zero-order valence-electron chi connectivity index (χ0n) is 13.2. The van der Waals surface area contributed by atoms with Crippen molar-refractivity contribution in [3.8, 4) is 0 Å². The van der Waals surface area contributed by atoms with E-state index in [2.05, 4.69) is 34.7 Å². The van der Waals surface area contributed by atoms with Crippen molar-refractivity contribution in [2.24, 2.45) is 0 Å². The molecule has 0 aliphatic heterocycles. The maximum Gasteiger partial charge on any atom is 0.132 e. The van der Waals surface area contributed by atoms with Crippen LogP contribution >= 0.6 is 11.6 Å². The van der Waals surface area contributed by atoms with Crippen LogP contribution < -0.4 is 5.32 Å². The van der Waals surface area contributed by atoms with Crippen molar-refractivity contribution < 1.29 is 0 Å². The average molecular weight is 326 g/mol. The maximum atomic E-state index is 6.52. The lowest BCUT2D eigenvalue weighted by Crippen LogP contribution is -2.13. The highest BCUT2D eigenvalue weighted by molar-refractivity contribution is 6.30. The molecular formula is C19H20ClN3. The van der Waals surface area contributed by atoms with Crippen LogP contribution in [0.3, 0.4) is 0 Å². The molecule has 4 heteroatoms. The van der Waals surface area contributed by atoms with E-state index in [4.69, 9.17) is 11.6 Å². The summed E-state index contributed by atoms with van der Waals surface area (Å²) in [6.45, 7) is 4.24. The van der Waals surface area contributed by atoms with E-state index in [-0.39, 0.29) is 0 Å². The minimum atomic E-state index is 0.694. The summed E-state index contributed by atoms with van der Waals surface area (Å²) >= 11 is 6.52. The summed E-state index contributed by atoms with van der Waals surface area (Å²) in [6.07, 6.45) is 0. The fourth-order valence-corrected chi connectivity index (χ4v) is 2.88. The van der Waals surface area contributed by atoms with Crippen LogP contribution in [-0.4, -0.2) is 9.78 Å². The van der Waals surface area contributed by atoms with Crippen molar-refractivity contribution in [3.05, 3.63) is 88.2 Å². The van der Waals surface area contributed by atoms with E-state index < -0.39 is 0 Å². The van der Waals surface area contributed by atoms with Crippen LogP contribution in [0.4, 0.5) is 0 Å². The van der Waals surface area contributed by atoms with E-state index in [1.54, 1.807) is 0 Å². The Bertz CT molecular complexity index is 751. The first kappa shape index (κ1) is 15.8. The molecule has 3 nitrogen and oxygen atoms in total. The molecule has 1 aromatic heterocycles. The smallest absolute Gasteiger partial charge is 0.132 e. The molecule has 0 fully saturated rings. The van der Waals surface area contributed by atoms with Crippen molar-refractivity contribution in [2.45, 2.75) is 26.6 Å². The van der Waals surface area contributed by atoms with Gasteiger partial charge in [-0.2, -0.15) is 5.10 Å². The number of nitrogens with zero attached hydrogens (tertiary/aromatic N) is 2. The molecule has 0 radical (unpaired) electrons. The van der Waals surface area contributed by atoms with E-state index in [1.165, 1.54) is 11.1 Å². The summed E-state index contributed by atoms with van der Waals surface area (Å²) in [7, 11) is 0. The van der Waals surface area contributed by atoms with Crippen LogP contribution in [0.25, 0.3) is 0 Å². The SMILES string of the molecule is Cc1nn(Cc2ccccc2)c(Cl)c1CNCc1ccccc1. The number of aromatic nitrogens is 2. The Kier molecular flexibility index (Phi) is 5.11. The van der Waals surface area contributed by atoms with Gasteiger partial charge in [0.2, 0.25) is 0 Å². The molecule has 0 spiro atoms. The van der Waals surface area contributed by atoms with E-state index in [0.29, 0.717) is 18.2 Å². The lowest BCUT2D eigenvalue weighted by molar-refractivity contribution is 0.676. The number of benzene rings is 2. The normalized spacial score (nSPS) is 10.9. The average Bonchev–Trinajstić information content (AvgIpc) is 2.84.